The van der Waals surface area contributed by atoms with Gasteiger partial charge in [-0.3, -0.25) is 9.69 Å². The van der Waals surface area contributed by atoms with Crippen molar-refractivity contribution in [3.05, 3.63) is 54.0 Å². The molecule has 0 unspecified atom stereocenters. The van der Waals surface area contributed by atoms with Crippen molar-refractivity contribution < 1.29 is 23.4 Å². The average Bonchev–Trinajstić information content (AvgIpc) is 2.81. The molecule has 0 radical (unpaired) electrons. The van der Waals surface area contributed by atoms with Crippen LogP contribution in [0.4, 0.5) is 10.1 Å². The summed E-state index contributed by atoms with van der Waals surface area (Å²) >= 11 is 0. The topological polar surface area (TPSA) is 72.9 Å². The maximum atomic E-state index is 14.1. The van der Waals surface area contributed by atoms with Gasteiger partial charge in [0, 0.05) is 36.8 Å². The van der Waals surface area contributed by atoms with Crippen LogP contribution in [0.1, 0.15) is 18.5 Å². The van der Waals surface area contributed by atoms with E-state index in [1.807, 2.05) is 37.3 Å². The van der Waals surface area contributed by atoms with Crippen molar-refractivity contribution in [1.82, 2.24) is 9.88 Å². The zero-order valence-electron chi connectivity index (χ0n) is 18.5. The molecule has 1 N–H and O–H groups in total. The third-order valence-corrected chi connectivity index (χ3v) is 5.99. The molecule has 0 atom stereocenters. The summed E-state index contributed by atoms with van der Waals surface area (Å²) in [5, 5.41) is 3.50. The van der Waals surface area contributed by atoms with Crippen molar-refractivity contribution >= 4 is 22.5 Å². The molecule has 7 nitrogen and oxygen atoms in total. The van der Waals surface area contributed by atoms with E-state index in [1.165, 1.54) is 6.07 Å². The Morgan fingerprint density at radius 3 is 2.88 bits per heavy atom. The number of ether oxygens (including phenoxy) is 3. The third kappa shape index (κ3) is 4.85. The quantitative estimate of drug-likeness (QED) is 0.612. The molecular formula is C25H26FN3O4. The predicted molar refractivity (Wildman–Crippen MR) is 123 cm³/mol. The van der Waals surface area contributed by atoms with Crippen LogP contribution in [0.5, 0.6) is 17.2 Å². The van der Waals surface area contributed by atoms with Gasteiger partial charge in [0.2, 0.25) is 0 Å². The maximum Gasteiger partial charge on any atom is 0.262 e. The molecule has 2 aliphatic heterocycles. The van der Waals surface area contributed by atoms with Crippen LogP contribution in [-0.2, 0) is 4.79 Å². The van der Waals surface area contributed by atoms with Crippen LogP contribution in [-0.4, -0.2) is 54.7 Å². The fourth-order valence-corrected chi connectivity index (χ4v) is 4.24. The first kappa shape index (κ1) is 21.5. The Labute approximate surface area is 191 Å². The highest BCUT2D eigenvalue weighted by molar-refractivity contribution is 5.95. The number of pyridine rings is 1. The molecule has 5 rings (SSSR count). The van der Waals surface area contributed by atoms with E-state index in [4.69, 9.17) is 14.2 Å². The number of hydrogen-bond acceptors (Lipinski definition) is 6. The Hall–Kier alpha value is -3.39. The van der Waals surface area contributed by atoms with Gasteiger partial charge in [-0.1, -0.05) is 0 Å². The predicted octanol–water partition coefficient (Wildman–Crippen LogP) is 3.94. The second-order valence-electron chi connectivity index (χ2n) is 8.40. The van der Waals surface area contributed by atoms with Crippen LogP contribution in [0.15, 0.2) is 42.5 Å². The molecule has 1 amide bonds. The third-order valence-electron chi connectivity index (χ3n) is 5.99. The van der Waals surface area contributed by atoms with E-state index in [2.05, 4.69) is 15.2 Å². The Kier molecular flexibility index (Phi) is 6.00. The van der Waals surface area contributed by atoms with E-state index in [9.17, 15) is 9.18 Å². The minimum atomic E-state index is -0.336. The molecule has 0 saturated carbocycles. The summed E-state index contributed by atoms with van der Waals surface area (Å²) < 4.78 is 31.6. The van der Waals surface area contributed by atoms with Crippen LogP contribution >= 0.6 is 0 Å². The number of halogens is 1. The largest absolute Gasteiger partial charge is 0.492 e. The van der Waals surface area contributed by atoms with E-state index in [1.54, 1.807) is 6.07 Å². The number of likely N-dealkylation sites (tertiary alicyclic amines) is 1. The van der Waals surface area contributed by atoms with E-state index in [0.29, 0.717) is 34.7 Å². The van der Waals surface area contributed by atoms with Crippen molar-refractivity contribution in [3.63, 3.8) is 0 Å². The number of aromatic nitrogens is 1. The highest BCUT2D eigenvalue weighted by Crippen LogP contribution is 2.32. The molecular weight excluding hydrogens is 425 g/mol. The van der Waals surface area contributed by atoms with Crippen LogP contribution in [0, 0.1) is 12.7 Å². The number of piperidine rings is 1. The lowest BCUT2D eigenvalue weighted by Crippen LogP contribution is -2.40. The number of aryl methyl sites for hydroxylation is 1. The summed E-state index contributed by atoms with van der Waals surface area (Å²) in [7, 11) is 0. The van der Waals surface area contributed by atoms with Gasteiger partial charge in [-0.15, -0.1) is 0 Å². The summed E-state index contributed by atoms with van der Waals surface area (Å²) in [5.74, 6) is 1.55. The minimum Gasteiger partial charge on any atom is -0.492 e. The van der Waals surface area contributed by atoms with Crippen molar-refractivity contribution in [2.45, 2.75) is 25.9 Å². The lowest BCUT2D eigenvalue weighted by atomic mass is 10.1. The van der Waals surface area contributed by atoms with Gasteiger partial charge >= 0.3 is 0 Å². The smallest absolute Gasteiger partial charge is 0.262 e. The summed E-state index contributed by atoms with van der Waals surface area (Å²) in [4.78, 5) is 18.2. The van der Waals surface area contributed by atoms with Crippen LogP contribution in [0.25, 0.3) is 10.9 Å². The lowest BCUT2D eigenvalue weighted by molar-refractivity contribution is -0.118. The van der Waals surface area contributed by atoms with Gasteiger partial charge in [-0.25, -0.2) is 9.37 Å². The number of nitrogens with one attached hydrogen (secondary N) is 1. The number of nitrogens with zero attached hydrogens (tertiary/aromatic N) is 2. The summed E-state index contributed by atoms with van der Waals surface area (Å²) in [6, 6.07) is 12.3. The van der Waals surface area contributed by atoms with Gasteiger partial charge in [0.25, 0.3) is 5.91 Å². The highest BCUT2D eigenvalue weighted by atomic mass is 19.1. The van der Waals surface area contributed by atoms with Crippen molar-refractivity contribution in [2.75, 3.05) is 38.2 Å². The van der Waals surface area contributed by atoms with E-state index >= 15 is 0 Å². The Morgan fingerprint density at radius 1 is 1.18 bits per heavy atom. The monoisotopic (exact) mass is 451 g/mol. The number of benzene rings is 2. The zero-order valence-corrected chi connectivity index (χ0v) is 18.5. The summed E-state index contributed by atoms with van der Waals surface area (Å²) in [6.45, 7) is 5.01. The molecule has 0 bridgehead atoms. The van der Waals surface area contributed by atoms with Gasteiger partial charge in [0.05, 0.1) is 5.69 Å². The van der Waals surface area contributed by atoms with E-state index in [0.717, 1.165) is 43.9 Å². The Balaban J connectivity index is 1.11. The molecule has 172 valence electrons. The van der Waals surface area contributed by atoms with Crippen molar-refractivity contribution in [1.29, 1.82) is 0 Å². The van der Waals surface area contributed by atoms with Gasteiger partial charge in [-0.05, 0) is 56.2 Å². The number of fused-ring (bicyclic) bond motifs is 2. The molecule has 0 spiro atoms. The van der Waals surface area contributed by atoms with E-state index < -0.39 is 0 Å². The first-order valence-corrected chi connectivity index (χ1v) is 11.2. The number of anilines is 1. The van der Waals surface area contributed by atoms with Gasteiger partial charge in [-0.2, -0.15) is 0 Å². The maximum absolute atomic E-state index is 14.1. The molecule has 3 aromatic rings. The Morgan fingerprint density at radius 2 is 2.03 bits per heavy atom. The number of rotatable bonds is 6. The minimum absolute atomic E-state index is 0.0450. The standard InChI is InChI=1S/C25H26FN3O4/c1-16-2-4-19-22(7-5-20(26)25(19)27-16)31-13-12-29-10-8-17(9-11-29)33-18-3-6-23-21(14-18)28-24(30)15-32-23/h2-7,14,17H,8-13,15H2,1H3,(H,28,30). The first-order valence-electron chi connectivity index (χ1n) is 11.2. The second-order valence-corrected chi connectivity index (χ2v) is 8.40. The van der Waals surface area contributed by atoms with Crippen molar-refractivity contribution in [2.24, 2.45) is 0 Å². The number of carbonyl (C=O) groups excluding carboxylic acids is 1. The SMILES string of the molecule is Cc1ccc2c(OCCN3CCC(Oc4ccc5c(c4)NC(=O)CO5)CC3)ccc(F)c2n1. The van der Waals surface area contributed by atoms with Gasteiger partial charge in [0.1, 0.15) is 41.3 Å². The van der Waals surface area contributed by atoms with Crippen LogP contribution < -0.4 is 19.5 Å². The zero-order chi connectivity index (χ0) is 22.8. The Bertz CT molecular complexity index is 1180. The molecule has 2 aliphatic rings. The normalized spacial score (nSPS) is 16.7. The molecule has 1 fully saturated rings. The van der Waals surface area contributed by atoms with Crippen LogP contribution in [0.2, 0.25) is 0 Å². The second kappa shape index (κ2) is 9.23. The lowest BCUT2D eigenvalue weighted by Gasteiger charge is -2.32. The summed E-state index contributed by atoms with van der Waals surface area (Å²) in [5.41, 5.74) is 1.77. The molecule has 0 aliphatic carbocycles. The molecule has 2 aromatic carbocycles. The first-order chi connectivity index (χ1) is 16.0. The number of amides is 1. The van der Waals surface area contributed by atoms with Crippen LogP contribution in [0.3, 0.4) is 0 Å². The van der Waals surface area contributed by atoms with Crippen molar-refractivity contribution in [3.8, 4) is 17.2 Å². The molecule has 1 aromatic heterocycles. The van der Waals surface area contributed by atoms with Gasteiger partial charge < -0.3 is 19.5 Å². The molecule has 8 heteroatoms. The van der Waals surface area contributed by atoms with E-state index in [-0.39, 0.29) is 24.4 Å². The van der Waals surface area contributed by atoms with Gasteiger partial charge in [0.15, 0.2) is 6.61 Å². The number of carbonyl (C=O) groups is 1. The summed E-state index contributed by atoms with van der Waals surface area (Å²) in [6.07, 6.45) is 1.93. The highest BCUT2D eigenvalue weighted by Gasteiger charge is 2.22. The molecule has 3 heterocycles. The molecule has 1 saturated heterocycles. The fourth-order valence-electron chi connectivity index (χ4n) is 4.24. The molecule has 33 heavy (non-hydrogen) atoms. The fraction of sp³-hybridized carbons (Fsp3) is 0.360. The average molecular weight is 451 g/mol. The number of hydrogen-bond donors (Lipinski definition) is 1.